The zero-order chi connectivity index (χ0) is 16.2. The van der Waals surface area contributed by atoms with Crippen LogP contribution in [0.1, 0.15) is 17.5 Å². The van der Waals surface area contributed by atoms with Crippen molar-refractivity contribution in [3.63, 3.8) is 0 Å². The first-order valence-electron chi connectivity index (χ1n) is 7.88. The summed E-state index contributed by atoms with van der Waals surface area (Å²) in [7, 11) is 2.02. The van der Waals surface area contributed by atoms with E-state index in [0.29, 0.717) is 6.54 Å². The number of aromatic amines is 1. The zero-order valence-corrected chi connectivity index (χ0v) is 13.0. The fraction of sp³-hybridized carbons (Fsp3) is 0.389. The maximum Gasteiger partial charge on any atom is 0.304 e. The van der Waals surface area contributed by atoms with Crippen LogP contribution in [0.15, 0.2) is 30.5 Å². The largest absolute Gasteiger partial charge is 0.481 e. The van der Waals surface area contributed by atoms with Gasteiger partial charge in [-0.25, -0.2) is 0 Å². The Bertz CT molecular complexity index is 823. The van der Waals surface area contributed by atoms with Crippen molar-refractivity contribution >= 4 is 22.4 Å². The highest BCUT2D eigenvalue weighted by atomic mass is 16.4. The number of hydrogen-bond donors (Lipinski definition) is 3. The molecule has 3 N–H and O–H groups in total. The minimum atomic E-state index is -0.876. The Kier molecular flexibility index (Phi) is 3.11. The first-order chi connectivity index (χ1) is 11.0. The van der Waals surface area contributed by atoms with Crippen LogP contribution in [0.25, 0.3) is 16.5 Å². The first kappa shape index (κ1) is 14.5. The van der Waals surface area contributed by atoms with Crippen molar-refractivity contribution in [2.75, 3.05) is 20.2 Å². The van der Waals surface area contributed by atoms with E-state index in [0.717, 1.165) is 23.1 Å². The third-order valence-corrected chi connectivity index (χ3v) is 5.25. The molecule has 0 saturated carbocycles. The van der Waals surface area contributed by atoms with Crippen molar-refractivity contribution in [1.29, 1.82) is 0 Å². The number of benzene rings is 1. The number of carbonyl (C=O) groups is 1. The number of aromatic nitrogens is 1. The number of nitrogens with zero attached hydrogens (tertiary/aromatic N) is 1. The Morgan fingerprint density at radius 3 is 3.04 bits per heavy atom. The van der Waals surface area contributed by atoms with Crippen molar-refractivity contribution in [2.45, 2.75) is 18.9 Å². The molecule has 0 fully saturated rings. The van der Waals surface area contributed by atoms with Gasteiger partial charge in [-0.05, 0) is 36.2 Å². The second-order valence-electron chi connectivity index (χ2n) is 6.87. The van der Waals surface area contributed by atoms with E-state index in [1.54, 1.807) is 0 Å². The summed E-state index contributed by atoms with van der Waals surface area (Å²) in [6.45, 7) is 0.398. The van der Waals surface area contributed by atoms with Crippen LogP contribution in [0.2, 0.25) is 0 Å². The van der Waals surface area contributed by atoms with Gasteiger partial charge in [-0.15, -0.1) is 0 Å². The van der Waals surface area contributed by atoms with E-state index in [2.05, 4.69) is 28.2 Å². The van der Waals surface area contributed by atoms with E-state index in [9.17, 15) is 15.0 Å². The van der Waals surface area contributed by atoms with Crippen LogP contribution in [0, 0.1) is 5.41 Å². The van der Waals surface area contributed by atoms with Crippen LogP contribution in [-0.4, -0.2) is 52.3 Å². The van der Waals surface area contributed by atoms with E-state index in [-0.39, 0.29) is 19.1 Å². The second-order valence-corrected chi connectivity index (χ2v) is 6.87. The van der Waals surface area contributed by atoms with Crippen molar-refractivity contribution in [2.24, 2.45) is 5.41 Å². The highest BCUT2D eigenvalue weighted by Gasteiger charge is 2.41. The molecule has 1 aromatic heterocycles. The molecule has 23 heavy (non-hydrogen) atoms. The summed E-state index contributed by atoms with van der Waals surface area (Å²) in [5.74, 6) is -0.876. The number of carboxylic acid groups (broad SMARTS) is 1. The highest BCUT2D eigenvalue weighted by Crippen LogP contribution is 2.44. The molecule has 0 unspecified atom stereocenters. The number of fused-ring (bicyclic) bond motifs is 2. The first-order valence-corrected chi connectivity index (χ1v) is 7.88. The van der Waals surface area contributed by atoms with Crippen LogP contribution < -0.4 is 0 Å². The van der Waals surface area contributed by atoms with Crippen molar-refractivity contribution < 1.29 is 15.0 Å². The number of hydrogen-bond acceptors (Lipinski definition) is 3. The number of aliphatic carboxylic acids is 1. The molecule has 1 aromatic carbocycles. The van der Waals surface area contributed by atoms with Gasteiger partial charge in [0.2, 0.25) is 0 Å². The lowest BCUT2D eigenvalue weighted by Gasteiger charge is -2.44. The third-order valence-electron chi connectivity index (χ3n) is 5.25. The van der Waals surface area contributed by atoms with Gasteiger partial charge in [-0.3, -0.25) is 9.69 Å². The summed E-state index contributed by atoms with van der Waals surface area (Å²) in [5, 5.41) is 20.4. The molecule has 4 rings (SSSR count). The lowest BCUT2D eigenvalue weighted by molar-refractivity contribution is -0.140. The molecule has 1 aliphatic carbocycles. The van der Waals surface area contributed by atoms with E-state index in [4.69, 9.17) is 0 Å². The molecular weight excluding hydrogens is 292 g/mol. The minimum Gasteiger partial charge on any atom is -0.481 e. The van der Waals surface area contributed by atoms with Gasteiger partial charge < -0.3 is 15.2 Å². The van der Waals surface area contributed by atoms with Crippen LogP contribution in [0.3, 0.4) is 0 Å². The topological polar surface area (TPSA) is 76.6 Å². The molecule has 1 aliphatic heterocycles. The Morgan fingerprint density at radius 1 is 1.48 bits per heavy atom. The predicted molar refractivity (Wildman–Crippen MR) is 88.2 cm³/mol. The molecule has 5 heteroatoms. The third kappa shape index (κ3) is 2.11. The van der Waals surface area contributed by atoms with Crippen LogP contribution >= 0.6 is 0 Å². The Balaban J connectivity index is 1.92. The summed E-state index contributed by atoms with van der Waals surface area (Å²) in [4.78, 5) is 16.8. The van der Waals surface area contributed by atoms with Gasteiger partial charge in [0.1, 0.15) is 0 Å². The standard InChI is InChI=1S/C18H20N2O3/c1-20-9-18(10-21,7-16(22)23)6-13-12-3-2-4-14-17(12)11(8-19-14)5-15(13)20/h2-4,6,8,15,19,21H,5,7,9-10H2,1H3,(H,22,23)/t15-,18+/m1/s1. The van der Waals surface area contributed by atoms with Gasteiger partial charge in [-0.1, -0.05) is 18.2 Å². The number of carboxylic acids is 1. The van der Waals surface area contributed by atoms with E-state index in [1.807, 2.05) is 19.2 Å². The molecule has 2 aromatic rings. The Morgan fingerprint density at radius 2 is 2.30 bits per heavy atom. The molecule has 2 atom stereocenters. The number of H-pyrrole nitrogens is 1. The monoisotopic (exact) mass is 312 g/mol. The summed E-state index contributed by atoms with van der Waals surface area (Å²) in [6, 6.07) is 6.41. The molecule has 120 valence electrons. The van der Waals surface area contributed by atoms with Crippen LogP contribution in [0.5, 0.6) is 0 Å². The van der Waals surface area contributed by atoms with E-state index in [1.165, 1.54) is 10.9 Å². The van der Waals surface area contributed by atoms with Gasteiger partial charge in [0.25, 0.3) is 0 Å². The van der Waals surface area contributed by atoms with Gasteiger partial charge >= 0.3 is 5.97 Å². The quantitative estimate of drug-likeness (QED) is 0.809. The number of aliphatic hydroxyl groups is 1. The molecule has 5 nitrogen and oxygen atoms in total. The molecule has 2 heterocycles. The fourth-order valence-corrected chi connectivity index (χ4v) is 4.26. The average molecular weight is 312 g/mol. The van der Waals surface area contributed by atoms with E-state index < -0.39 is 11.4 Å². The summed E-state index contributed by atoms with van der Waals surface area (Å²) in [5.41, 5.74) is 4.00. The molecule has 2 aliphatic rings. The molecule has 0 amide bonds. The Hall–Kier alpha value is -2.11. The molecule has 0 spiro atoms. The molecule has 0 saturated heterocycles. The second kappa shape index (κ2) is 4.94. The normalized spacial score (nSPS) is 26.9. The lowest BCUT2D eigenvalue weighted by atomic mass is 9.73. The number of nitrogens with one attached hydrogen (secondary N) is 1. The predicted octanol–water partition coefficient (Wildman–Crippen LogP) is 1.87. The van der Waals surface area contributed by atoms with Crippen molar-refractivity contribution in [3.8, 4) is 0 Å². The molecular formula is C18H20N2O3. The Labute approximate surface area is 134 Å². The lowest BCUT2D eigenvalue weighted by Crippen LogP contribution is -2.49. The number of likely N-dealkylation sites (N-methyl/N-ethyl adjacent to an activating group) is 1. The summed E-state index contributed by atoms with van der Waals surface area (Å²) in [6.07, 6.45) is 4.95. The van der Waals surface area contributed by atoms with Crippen LogP contribution in [0.4, 0.5) is 0 Å². The maximum atomic E-state index is 11.3. The van der Waals surface area contributed by atoms with Gasteiger partial charge in [0.15, 0.2) is 0 Å². The van der Waals surface area contributed by atoms with Gasteiger partial charge in [0, 0.05) is 35.1 Å². The maximum absolute atomic E-state index is 11.3. The zero-order valence-electron chi connectivity index (χ0n) is 13.0. The minimum absolute atomic E-state index is 0.0555. The van der Waals surface area contributed by atoms with Crippen LogP contribution in [-0.2, 0) is 11.2 Å². The number of aliphatic hydroxyl groups excluding tert-OH is 1. The van der Waals surface area contributed by atoms with Crippen molar-refractivity contribution in [1.82, 2.24) is 9.88 Å². The highest BCUT2D eigenvalue weighted by molar-refractivity contribution is 5.98. The van der Waals surface area contributed by atoms with Crippen molar-refractivity contribution in [3.05, 3.63) is 41.6 Å². The van der Waals surface area contributed by atoms with E-state index >= 15 is 0 Å². The number of rotatable bonds is 3. The summed E-state index contributed by atoms with van der Waals surface area (Å²) < 4.78 is 0. The van der Waals surface area contributed by atoms with Gasteiger partial charge in [0.05, 0.1) is 13.0 Å². The molecule has 0 radical (unpaired) electrons. The summed E-state index contributed by atoms with van der Waals surface area (Å²) >= 11 is 0. The fourth-order valence-electron chi connectivity index (χ4n) is 4.26. The average Bonchev–Trinajstić information content (AvgIpc) is 2.93. The SMILES string of the molecule is CN1C[C@@](CO)(CC(=O)O)C=C2c3cccc4[nH]cc(c34)C[C@H]21. The van der Waals surface area contributed by atoms with Gasteiger partial charge in [-0.2, -0.15) is 0 Å². The smallest absolute Gasteiger partial charge is 0.304 e. The molecule has 0 bridgehead atoms.